The van der Waals surface area contributed by atoms with Crippen LogP contribution in [0.4, 0.5) is 0 Å². The molecule has 0 atom stereocenters. The van der Waals surface area contributed by atoms with Gasteiger partial charge in [0.15, 0.2) is 5.96 Å². The predicted molar refractivity (Wildman–Crippen MR) is 93.9 cm³/mol. The van der Waals surface area contributed by atoms with Gasteiger partial charge in [-0.15, -0.1) is 24.0 Å². The van der Waals surface area contributed by atoms with E-state index in [4.69, 9.17) is 10.5 Å². The fourth-order valence-corrected chi connectivity index (χ4v) is 2.24. The third-order valence-electron chi connectivity index (χ3n) is 3.31. The van der Waals surface area contributed by atoms with Crippen molar-refractivity contribution in [2.24, 2.45) is 10.7 Å². The number of nitrogens with zero attached hydrogens (tertiary/aromatic N) is 2. The molecule has 0 radical (unpaired) electrons. The van der Waals surface area contributed by atoms with Crippen LogP contribution >= 0.6 is 24.0 Å². The summed E-state index contributed by atoms with van der Waals surface area (Å²) in [6.45, 7) is 3.25. The van der Waals surface area contributed by atoms with E-state index < -0.39 is 0 Å². The molecule has 1 aromatic rings. The molecule has 5 heteroatoms. The highest BCUT2D eigenvalue weighted by atomic mass is 127. The molecule has 112 valence electrons. The number of para-hydroxylation sites is 1. The molecule has 0 aromatic heterocycles. The molecule has 1 aliphatic heterocycles. The molecule has 4 nitrogen and oxygen atoms in total. The normalized spacial score (nSPS) is 16.2. The summed E-state index contributed by atoms with van der Waals surface area (Å²) in [4.78, 5) is 6.59. The van der Waals surface area contributed by atoms with Crippen LogP contribution in [0.15, 0.2) is 35.3 Å². The van der Waals surface area contributed by atoms with E-state index in [1.54, 1.807) is 0 Å². The Kier molecular flexibility index (Phi) is 8.41. The maximum absolute atomic E-state index is 6.02. The van der Waals surface area contributed by atoms with E-state index in [1.807, 2.05) is 30.3 Å². The molecule has 1 fully saturated rings. The molecule has 0 spiro atoms. The quantitative estimate of drug-likeness (QED) is 0.373. The number of ether oxygens (including phenoxy) is 1. The zero-order valence-corrected chi connectivity index (χ0v) is 14.2. The van der Waals surface area contributed by atoms with Crippen molar-refractivity contribution < 1.29 is 4.74 Å². The lowest BCUT2D eigenvalue weighted by molar-refractivity contribution is 0.327. The van der Waals surface area contributed by atoms with E-state index in [0.717, 1.165) is 18.8 Å². The summed E-state index contributed by atoms with van der Waals surface area (Å²) in [5.41, 5.74) is 6.02. The second kappa shape index (κ2) is 9.85. The lowest BCUT2D eigenvalue weighted by atomic mass is 10.2. The first kappa shape index (κ1) is 17.1. The molecule has 1 aromatic carbocycles. The zero-order valence-electron chi connectivity index (χ0n) is 11.8. The number of nitrogens with two attached hydrogens (primary N) is 1. The molecule has 0 amide bonds. The molecule has 0 aliphatic carbocycles. The van der Waals surface area contributed by atoms with Crippen LogP contribution < -0.4 is 10.5 Å². The molecule has 1 aliphatic rings. The van der Waals surface area contributed by atoms with Gasteiger partial charge in [-0.25, -0.2) is 4.99 Å². The van der Waals surface area contributed by atoms with Crippen molar-refractivity contribution in [1.29, 1.82) is 0 Å². The maximum Gasteiger partial charge on any atom is 0.191 e. The zero-order chi connectivity index (χ0) is 13.3. The van der Waals surface area contributed by atoms with Gasteiger partial charge >= 0.3 is 0 Å². The van der Waals surface area contributed by atoms with Crippen LogP contribution in [0, 0.1) is 0 Å². The highest BCUT2D eigenvalue weighted by molar-refractivity contribution is 14.0. The van der Waals surface area contributed by atoms with Crippen molar-refractivity contribution in [3.05, 3.63) is 30.3 Å². The van der Waals surface area contributed by atoms with Crippen LogP contribution in [-0.4, -0.2) is 37.1 Å². The number of likely N-dealkylation sites (tertiary alicyclic amines) is 1. The van der Waals surface area contributed by atoms with Crippen molar-refractivity contribution in [2.75, 3.05) is 26.2 Å². The van der Waals surface area contributed by atoms with Gasteiger partial charge in [0, 0.05) is 13.1 Å². The second-order valence-electron chi connectivity index (χ2n) is 4.80. The molecular formula is C15H24IN3O. The highest BCUT2D eigenvalue weighted by Crippen LogP contribution is 2.09. The summed E-state index contributed by atoms with van der Waals surface area (Å²) in [5.74, 6) is 1.55. The molecule has 2 rings (SSSR count). The van der Waals surface area contributed by atoms with Gasteiger partial charge < -0.3 is 15.4 Å². The molecule has 0 unspecified atom stereocenters. The van der Waals surface area contributed by atoms with E-state index in [0.29, 0.717) is 19.1 Å². The van der Waals surface area contributed by atoms with E-state index >= 15 is 0 Å². The number of aliphatic imine (C=N–C) groups is 1. The van der Waals surface area contributed by atoms with Gasteiger partial charge in [0.1, 0.15) is 12.4 Å². The SMILES string of the molecule is I.NC(=NCCOc1ccccc1)N1CCCCCC1. The summed E-state index contributed by atoms with van der Waals surface area (Å²) in [7, 11) is 0. The van der Waals surface area contributed by atoms with Crippen molar-refractivity contribution in [2.45, 2.75) is 25.7 Å². The summed E-state index contributed by atoms with van der Waals surface area (Å²) in [6, 6.07) is 9.79. The minimum atomic E-state index is 0. The number of hydrogen-bond donors (Lipinski definition) is 1. The molecule has 20 heavy (non-hydrogen) atoms. The average molecular weight is 389 g/mol. The largest absolute Gasteiger partial charge is 0.492 e. The van der Waals surface area contributed by atoms with Gasteiger partial charge in [-0.05, 0) is 25.0 Å². The molecule has 1 heterocycles. The molecule has 0 bridgehead atoms. The third-order valence-corrected chi connectivity index (χ3v) is 3.31. The van der Waals surface area contributed by atoms with Crippen molar-refractivity contribution in [1.82, 2.24) is 4.90 Å². The van der Waals surface area contributed by atoms with E-state index in [1.165, 1.54) is 25.7 Å². The van der Waals surface area contributed by atoms with Gasteiger partial charge in [-0.1, -0.05) is 31.0 Å². The van der Waals surface area contributed by atoms with Gasteiger partial charge in [-0.3, -0.25) is 0 Å². The third kappa shape index (κ3) is 5.98. The minimum absolute atomic E-state index is 0. The Bertz CT molecular complexity index is 389. The molecule has 2 N–H and O–H groups in total. The van der Waals surface area contributed by atoms with Crippen molar-refractivity contribution >= 4 is 29.9 Å². The standard InChI is InChI=1S/C15H23N3O.HI/c16-15(18-11-6-1-2-7-12-18)17-10-13-19-14-8-4-3-5-9-14;/h3-5,8-9H,1-2,6-7,10-13H2,(H2,16,17);1H. The Hall–Kier alpha value is -0.980. The average Bonchev–Trinajstić information content (AvgIpc) is 2.73. The van der Waals surface area contributed by atoms with Crippen molar-refractivity contribution in [3.8, 4) is 5.75 Å². The molecular weight excluding hydrogens is 365 g/mol. The van der Waals surface area contributed by atoms with Gasteiger partial charge in [0.25, 0.3) is 0 Å². The summed E-state index contributed by atoms with van der Waals surface area (Å²) in [5, 5.41) is 0. The van der Waals surface area contributed by atoms with Gasteiger partial charge in [0.05, 0.1) is 6.54 Å². The van der Waals surface area contributed by atoms with Crippen LogP contribution in [0.3, 0.4) is 0 Å². The van der Waals surface area contributed by atoms with E-state index in [-0.39, 0.29) is 24.0 Å². The number of halogens is 1. The first-order valence-electron chi connectivity index (χ1n) is 7.09. The number of guanidine groups is 1. The first-order valence-corrected chi connectivity index (χ1v) is 7.09. The minimum Gasteiger partial charge on any atom is -0.492 e. The number of rotatable bonds is 4. The van der Waals surface area contributed by atoms with E-state index in [9.17, 15) is 0 Å². The topological polar surface area (TPSA) is 50.9 Å². The lowest BCUT2D eigenvalue weighted by Crippen LogP contribution is -2.38. The molecule has 1 saturated heterocycles. The highest BCUT2D eigenvalue weighted by Gasteiger charge is 2.10. The van der Waals surface area contributed by atoms with Gasteiger partial charge in [-0.2, -0.15) is 0 Å². The van der Waals surface area contributed by atoms with Crippen LogP contribution in [0.5, 0.6) is 5.75 Å². The summed E-state index contributed by atoms with van der Waals surface area (Å²) >= 11 is 0. The van der Waals surface area contributed by atoms with Crippen LogP contribution in [0.2, 0.25) is 0 Å². The lowest BCUT2D eigenvalue weighted by Gasteiger charge is -2.21. The second-order valence-corrected chi connectivity index (χ2v) is 4.80. The van der Waals surface area contributed by atoms with Crippen LogP contribution in [0.1, 0.15) is 25.7 Å². The first-order chi connectivity index (χ1) is 9.36. The van der Waals surface area contributed by atoms with Gasteiger partial charge in [0.2, 0.25) is 0 Å². The fourth-order valence-electron chi connectivity index (χ4n) is 2.24. The Morgan fingerprint density at radius 2 is 1.75 bits per heavy atom. The maximum atomic E-state index is 6.02. The van der Waals surface area contributed by atoms with E-state index in [2.05, 4.69) is 9.89 Å². The smallest absolute Gasteiger partial charge is 0.191 e. The Morgan fingerprint density at radius 1 is 1.10 bits per heavy atom. The van der Waals surface area contributed by atoms with Crippen LogP contribution in [0.25, 0.3) is 0 Å². The van der Waals surface area contributed by atoms with Crippen LogP contribution in [-0.2, 0) is 0 Å². The fraction of sp³-hybridized carbons (Fsp3) is 0.533. The Morgan fingerprint density at radius 3 is 2.40 bits per heavy atom. The predicted octanol–water partition coefficient (Wildman–Crippen LogP) is 2.87. The Balaban J connectivity index is 0.00000200. The number of benzene rings is 1. The summed E-state index contributed by atoms with van der Waals surface area (Å²) < 4.78 is 5.59. The summed E-state index contributed by atoms with van der Waals surface area (Å²) in [6.07, 6.45) is 5.05. The van der Waals surface area contributed by atoms with Crippen molar-refractivity contribution in [3.63, 3.8) is 0 Å². The Labute approximate surface area is 138 Å². The monoisotopic (exact) mass is 389 g/mol. The molecule has 0 saturated carbocycles. The number of hydrogen-bond acceptors (Lipinski definition) is 2.